The molecule has 0 bridgehead atoms. The summed E-state index contributed by atoms with van der Waals surface area (Å²) in [4.78, 5) is 10.7. The SMILES string of the molecule is COc1cc(C=CNC(C)=O)ccc1OCC1CO1. The average Bonchev–Trinajstić information content (AvgIpc) is 3.20. The van der Waals surface area contributed by atoms with E-state index in [1.54, 1.807) is 19.4 Å². The molecule has 0 aromatic heterocycles. The molecule has 1 heterocycles. The van der Waals surface area contributed by atoms with Gasteiger partial charge in [-0.15, -0.1) is 0 Å². The summed E-state index contributed by atoms with van der Waals surface area (Å²) in [5, 5.41) is 2.59. The predicted molar refractivity (Wildman–Crippen MR) is 71.1 cm³/mol. The summed E-state index contributed by atoms with van der Waals surface area (Å²) < 4.78 is 16.0. The number of benzene rings is 1. The minimum absolute atomic E-state index is 0.104. The number of rotatable bonds is 6. The summed E-state index contributed by atoms with van der Waals surface area (Å²) in [6, 6.07) is 5.58. The fourth-order valence-corrected chi connectivity index (χ4v) is 1.51. The third kappa shape index (κ3) is 4.30. The Labute approximate surface area is 112 Å². The van der Waals surface area contributed by atoms with Crippen LogP contribution in [0, 0.1) is 0 Å². The van der Waals surface area contributed by atoms with Gasteiger partial charge in [0.25, 0.3) is 0 Å². The minimum Gasteiger partial charge on any atom is -0.493 e. The Morgan fingerprint density at radius 3 is 2.95 bits per heavy atom. The van der Waals surface area contributed by atoms with Crippen molar-refractivity contribution >= 4 is 12.0 Å². The molecule has 0 radical (unpaired) electrons. The molecule has 102 valence electrons. The summed E-state index contributed by atoms with van der Waals surface area (Å²) in [5.74, 6) is 1.24. The quantitative estimate of drug-likeness (QED) is 0.792. The van der Waals surface area contributed by atoms with E-state index in [-0.39, 0.29) is 12.0 Å². The number of nitrogens with one attached hydrogen (secondary N) is 1. The lowest BCUT2D eigenvalue weighted by Crippen LogP contribution is -2.11. The first-order valence-electron chi connectivity index (χ1n) is 6.05. The van der Waals surface area contributed by atoms with Gasteiger partial charge in [0.1, 0.15) is 12.7 Å². The molecule has 1 saturated heterocycles. The van der Waals surface area contributed by atoms with Crippen LogP contribution in [0.4, 0.5) is 0 Å². The van der Waals surface area contributed by atoms with Crippen LogP contribution in [0.15, 0.2) is 24.4 Å². The van der Waals surface area contributed by atoms with Crippen LogP contribution in [0.2, 0.25) is 0 Å². The minimum atomic E-state index is -0.104. The lowest BCUT2D eigenvalue weighted by Gasteiger charge is -2.10. The van der Waals surface area contributed by atoms with Gasteiger partial charge in [-0.2, -0.15) is 0 Å². The summed E-state index contributed by atoms with van der Waals surface area (Å²) >= 11 is 0. The molecular weight excluding hydrogens is 246 g/mol. The van der Waals surface area contributed by atoms with E-state index >= 15 is 0 Å². The molecule has 0 aliphatic carbocycles. The molecule has 1 N–H and O–H groups in total. The van der Waals surface area contributed by atoms with Gasteiger partial charge in [-0.25, -0.2) is 0 Å². The van der Waals surface area contributed by atoms with Gasteiger partial charge in [0, 0.05) is 13.1 Å². The van der Waals surface area contributed by atoms with Crippen molar-refractivity contribution in [1.82, 2.24) is 5.32 Å². The van der Waals surface area contributed by atoms with Crippen LogP contribution in [0.3, 0.4) is 0 Å². The molecule has 5 nitrogen and oxygen atoms in total. The van der Waals surface area contributed by atoms with E-state index < -0.39 is 0 Å². The van der Waals surface area contributed by atoms with Crippen molar-refractivity contribution < 1.29 is 19.0 Å². The largest absolute Gasteiger partial charge is 0.493 e. The standard InChI is InChI=1S/C14H17NO4/c1-10(16)15-6-5-11-3-4-13(14(7-11)17-2)19-9-12-8-18-12/h3-7,12H,8-9H2,1-2H3,(H,15,16). The van der Waals surface area contributed by atoms with Crippen molar-refractivity contribution in [1.29, 1.82) is 0 Å². The zero-order valence-corrected chi connectivity index (χ0v) is 11.0. The molecule has 0 spiro atoms. The molecule has 1 amide bonds. The lowest BCUT2D eigenvalue weighted by molar-refractivity contribution is -0.118. The monoisotopic (exact) mass is 263 g/mol. The Morgan fingerprint density at radius 1 is 1.53 bits per heavy atom. The zero-order valence-electron chi connectivity index (χ0n) is 11.0. The van der Waals surface area contributed by atoms with Crippen LogP contribution in [-0.4, -0.2) is 32.3 Å². The van der Waals surface area contributed by atoms with Crippen molar-refractivity contribution in [2.24, 2.45) is 0 Å². The van der Waals surface area contributed by atoms with E-state index in [4.69, 9.17) is 14.2 Å². The van der Waals surface area contributed by atoms with Crippen LogP contribution < -0.4 is 14.8 Å². The highest BCUT2D eigenvalue weighted by atomic mass is 16.6. The number of ether oxygens (including phenoxy) is 3. The second-order valence-electron chi connectivity index (χ2n) is 4.21. The van der Waals surface area contributed by atoms with Gasteiger partial charge in [-0.05, 0) is 23.8 Å². The van der Waals surface area contributed by atoms with Gasteiger partial charge in [0.2, 0.25) is 5.91 Å². The molecule has 1 fully saturated rings. The molecular formula is C14H17NO4. The topological polar surface area (TPSA) is 60.1 Å². The Morgan fingerprint density at radius 2 is 2.32 bits per heavy atom. The van der Waals surface area contributed by atoms with Gasteiger partial charge < -0.3 is 19.5 Å². The molecule has 5 heteroatoms. The van der Waals surface area contributed by atoms with Gasteiger partial charge in [-0.3, -0.25) is 4.79 Å². The van der Waals surface area contributed by atoms with E-state index in [1.807, 2.05) is 18.2 Å². The second kappa shape index (κ2) is 6.24. The van der Waals surface area contributed by atoms with Gasteiger partial charge in [0.05, 0.1) is 13.7 Å². The molecule has 2 rings (SSSR count). The first-order valence-corrected chi connectivity index (χ1v) is 6.05. The normalized spacial score (nSPS) is 17.3. The Hall–Kier alpha value is -2.01. The first kappa shape index (κ1) is 13.4. The summed E-state index contributed by atoms with van der Waals surface area (Å²) in [7, 11) is 1.59. The molecule has 1 atom stereocenters. The molecule has 1 aliphatic heterocycles. The number of epoxide rings is 1. The number of methoxy groups -OCH3 is 1. The number of hydrogen-bond donors (Lipinski definition) is 1. The number of carbonyl (C=O) groups excluding carboxylic acids is 1. The maximum absolute atomic E-state index is 10.7. The smallest absolute Gasteiger partial charge is 0.220 e. The van der Waals surface area contributed by atoms with Crippen molar-refractivity contribution in [2.75, 3.05) is 20.3 Å². The van der Waals surface area contributed by atoms with Gasteiger partial charge >= 0.3 is 0 Å². The van der Waals surface area contributed by atoms with Crippen LogP contribution in [0.5, 0.6) is 11.5 Å². The van der Waals surface area contributed by atoms with E-state index in [1.165, 1.54) is 6.92 Å². The van der Waals surface area contributed by atoms with Crippen LogP contribution >= 0.6 is 0 Å². The van der Waals surface area contributed by atoms with Crippen molar-refractivity contribution in [3.63, 3.8) is 0 Å². The predicted octanol–water partition coefficient (Wildman–Crippen LogP) is 1.58. The third-order valence-corrected chi connectivity index (χ3v) is 2.58. The molecule has 1 aromatic carbocycles. The zero-order chi connectivity index (χ0) is 13.7. The van der Waals surface area contributed by atoms with Crippen LogP contribution in [-0.2, 0) is 9.53 Å². The second-order valence-corrected chi connectivity index (χ2v) is 4.21. The first-order chi connectivity index (χ1) is 9.19. The fourth-order valence-electron chi connectivity index (χ4n) is 1.51. The van der Waals surface area contributed by atoms with Gasteiger partial charge in [0.15, 0.2) is 11.5 Å². The summed E-state index contributed by atoms with van der Waals surface area (Å²) in [6.07, 6.45) is 3.59. The highest BCUT2D eigenvalue weighted by Crippen LogP contribution is 2.29. The van der Waals surface area contributed by atoms with Crippen molar-refractivity contribution in [2.45, 2.75) is 13.0 Å². The molecule has 1 aromatic rings. The maximum Gasteiger partial charge on any atom is 0.220 e. The Kier molecular flexibility index (Phi) is 4.41. The van der Waals surface area contributed by atoms with Crippen molar-refractivity contribution in [3.8, 4) is 11.5 Å². The highest BCUT2D eigenvalue weighted by Gasteiger charge is 2.23. The molecule has 19 heavy (non-hydrogen) atoms. The molecule has 1 unspecified atom stereocenters. The van der Waals surface area contributed by atoms with Crippen LogP contribution in [0.25, 0.3) is 6.08 Å². The van der Waals surface area contributed by atoms with E-state index in [0.29, 0.717) is 18.1 Å². The van der Waals surface area contributed by atoms with E-state index in [9.17, 15) is 4.79 Å². The number of hydrogen-bond acceptors (Lipinski definition) is 4. The molecule has 1 aliphatic rings. The van der Waals surface area contributed by atoms with Crippen LogP contribution in [0.1, 0.15) is 12.5 Å². The highest BCUT2D eigenvalue weighted by molar-refractivity contribution is 5.75. The maximum atomic E-state index is 10.7. The van der Waals surface area contributed by atoms with E-state index in [2.05, 4.69) is 5.32 Å². The fraction of sp³-hybridized carbons (Fsp3) is 0.357. The Bertz CT molecular complexity index is 480. The lowest BCUT2D eigenvalue weighted by atomic mass is 10.2. The third-order valence-electron chi connectivity index (χ3n) is 2.58. The van der Waals surface area contributed by atoms with Crippen molar-refractivity contribution in [3.05, 3.63) is 30.0 Å². The Balaban J connectivity index is 2.01. The van der Waals surface area contributed by atoms with E-state index in [0.717, 1.165) is 12.2 Å². The number of amides is 1. The average molecular weight is 263 g/mol. The number of carbonyl (C=O) groups is 1. The summed E-state index contributed by atoms with van der Waals surface area (Å²) in [6.45, 7) is 2.76. The summed E-state index contributed by atoms with van der Waals surface area (Å²) in [5.41, 5.74) is 0.917. The van der Waals surface area contributed by atoms with Gasteiger partial charge in [-0.1, -0.05) is 6.07 Å². The molecule has 0 saturated carbocycles.